The van der Waals surface area contributed by atoms with Gasteiger partial charge in [0.2, 0.25) is 0 Å². The first-order valence-corrected chi connectivity index (χ1v) is 11.0. The number of rotatable bonds is 8. The number of hydrogen-bond acceptors (Lipinski definition) is 2. The first-order valence-electron chi connectivity index (χ1n) is 11.0. The van der Waals surface area contributed by atoms with Gasteiger partial charge in [0.05, 0.1) is 0 Å². The summed E-state index contributed by atoms with van der Waals surface area (Å²) in [5.41, 5.74) is 18.3. The summed E-state index contributed by atoms with van der Waals surface area (Å²) in [7, 11) is 0. The second-order valence-corrected chi connectivity index (χ2v) is 8.13. The van der Waals surface area contributed by atoms with Gasteiger partial charge < -0.3 is 11.5 Å². The maximum Gasteiger partial charge on any atom is 0.0203 e. The van der Waals surface area contributed by atoms with Gasteiger partial charge in [-0.1, -0.05) is 115 Å². The van der Waals surface area contributed by atoms with E-state index in [0.29, 0.717) is 6.54 Å². The summed E-state index contributed by atoms with van der Waals surface area (Å²) < 4.78 is 0. The van der Waals surface area contributed by atoms with E-state index in [2.05, 4.69) is 115 Å². The van der Waals surface area contributed by atoms with Gasteiger partial charge in [-0.3, -0.25) is 0 Å². The van der Waals surface area contributed by atoms with Gasteiger partial charge >= 0.3 is 0 Å². The van der Waals surface area contributed by atoms with Gasteiger partial charge in [-0.15, -0.1) is 0 Å². The van der Waals surface area contributed by atoms with Crippen LogP contribution >= 0.6 is 0 Å². The highest BCUT2D eigenvalue weighted by atomic mass is 14.7. The molecule has 0 amide bonds. The zero-order chi connectivity index (χ0) is 21.5. The molecule has 0 heterocycles. The molecule has 2 unspecified atom stereocenters. The average Bonchev–Trinajstić information content (AvgIpc) is 2.84. The second kappa shape index (κ2) is 10.2. The topological polar surface area (TPSA) is 52.0 Å². The molecule has 156 valence electrons. The van der Waals surface area contributed by atoms with E-state index < -0.39 is 0 Å². The lowest BCUT2D eigenvalue weighted by atomic mass is 9.73. The Labute approximate surface area is 185 Å². The minimum atomic E-state index is -0.00263. The van der Waals surface area contributed by atoms with Crippen molar-refractivity contribution >= 4 is 0 Å². The Morgan fingerprint density at radius 3 is 1.19 bits per heavy atom. The molecule has 0 saturated heterocycles. The maximum absolute atomic E-state index is 6.07. The van der Waals surface area contributed by atoms with Gasteiger partial charge in [-0.2, -0.15) is 0 Å². The molecule has 4 aromatic carbocycles. The highest BCUT2D eigenvalue weighted by molar-refractivity contribution is 5.45. The third-order valence-corrected chi connectivity index (χ3v) is 5.95. The van der Waals surface area contributed by atoms with Gasteiger partial charge in [0.25, 0.3) is 0 Å². The predicted molar refractivity (Wildman–Crippen MR) is 130 cm³/mol. The molecule has 0 spiro atoms. The largest absolute Gasteiger partial charge is 0.329 e. The van der Waals surface area contributed by atoms with Crippen LogP contribution in [0.25, 0.3) is 0 Å². The monoisotopic (exact) mass is 406 g/mol. The molecule has 4 aromatic rings. The zero-order valence-corrected chi connectivity index (χ0v) is 17.8. The molecule has 0 radical (unpaired) electrons. The van der Waals surface area contributed by atoms with Crippen LogP contribution < -0.4 is 11.5 Å². The fraction of sp³-hybridized carbons (Fsp3) is 0.172. The molecule has 2 heteroatoms. The van der Waals surface area contributed by atoms with E-state index in [1.54, 1.807) is 0 Å². The standard InChI is InChI=1S/C29H30N2/c30-21-27(31)20-22-16-18-26(19-17-22)29(25-14-8-3-9-15-25)28(23-10-4-1-5-11-23)24-12-6-2-7-13-24/h1-19,27-29H,20-21,30-31H2. The third kappa shape index (κ3) is 5.11. The van der Waals surface area contributed by atoms with Crippen LogP contribution in [0.4, 0.5) is 0 Å². The van der Waals surface area contributed by atoms with Crippen molar-refractivity contribution in [3.63, 3.8) is 0 Å². The molecule has 0 aliphatic rings. The molecule has 0 aliphatic heterocycles. The first kappa shape index (κ1) is 21.0. The molecule has 0 aromatic heterocycles. The summed E-state index contributed by atoms with van der Waals surface area (Å²) in [5, 5.41) is 0. The molecule has 2 atom stereocenters. The molecule has 0 aliphatic carbocycles. The highest BCUT2D eigenvalue weighted by Gasteiger charge is 2.28. The second-order valence-electron chi connectivity index (χ2n) is 8.13. The summed E-state index contributed by atoms with van der Waals surface area (Å²) in [5.74, 6) is 0.408. The number of benzene rings is 4. The average molecular weight is 407 g/mol. The van der Waals surface area contributed by atoms with Crippen molar-refractivity contribution in [3.8, 4) is 0 Å². The summed E-state index contributed by atoms with van der Waals surface area (Å²) in [6.45, 7) is 0.498. The van der Waals surface area contributed by atoms with Gasteiger partial charge in [0, 0.05) is 24.4 Å². The van der Waals surface area contributed by atoms with Crippen LogP contribution in [0, 0.1) is 0 Å². The molecule has 4 N–H and O–H groups in total. The van der Waals surface area contributed by atoms with Crippen LogP contribution in [0.5, 0.6) is 0 Å². The lowest BCUT2D eigenvalue weighted by Gasteiger charge is -2.29. The lowest BCUT2D eigenvalue weighted by Crippen LogP contribution is -2.31. The minimum absolute atomic E-state index is 0.00263. The van der Waals surface area contributed by atoms with Crippen molar-refractivity contribution in [3.05, 3.63) is 143 Å². The van der Waals surface area contributed by atoms with Crippen LogP contribution in [-0.4, -0.2) is 12.6 Å². The quantitative estimate of drug-likeness (QED) is 0.407. The molecular formula is C29H30N2. The Hall–Kier alpha value is -3.20. The van der Waals surface area contributed by atoms with Gasteiger partial charge in [0.1, 0.15) is 0 Å². The normalized spacial score (nSPS) is 13.1. The van der Waals surface area contributed by atoms with Gasteiger partial charge in [0.15, 0.2) is 0 Å². The van der Waals surface area contributed by atoms with Crippen molar-refractivity contribution in [2.75, 3.05) is 6.54 Å². The van der Waals surface area contributed by atoms with Crippen molar-refractivity contribution < 1.29 is 0 Å². The zero-order valence-electron chi connectivity index (χ0n) is 17.8. The van der Waals surface area contributed by atoms with Crippen molar-refractivity contribution in [2.45, 2.75) is 24.3 Å². The number of hydrogen-bond donors (Lipinski definition) is 2. The predicted octanol–water partition coefficient (Wildman–Crippen LogP) is 5.48. The van der Waals surface area contributed by atoms with Crippen molar-refractivity contribution in [1.29, 1.82) is 0 Å². The Bertz CT molecular complexity index is 1000. The van der Waals surface area contributed by atoms with Crippen LogP contribution in [0.2, 0.25) is 0 Å². The Balaban J connectivity index is 1.82. The Morgan fingerprint density at radius 1 is 0.484 bits per heavy atom. The molecule has 0 saturated carbocycles. The third-order valence-electron chi connectivity index (χ3n) is 5.95. The molecular weight excluding hydrogens is 376 g/mol. The van der Waals surface area contributed by atoms with Crippen LogP contribution in [0.15, 0.2) is 115 Å². The van der Waals surface area contributed by atoms with E-state index >= 15 is 0 Å². The van der Waals surface area contributed by atoms with Crippen molar-refractivity contribution in [1.82, 2.24) is 0 Å². The van der Waals surface area contributed by atoms with E-state index in [4.69, 9.17) is 11.5 Å². The van der Waals surface area contributed by atoms with E-state index in [0.717, 1.165) is 6.42 Å². The van der Waals surface area contributed by atoms with E-state index in [-0.39, 0.29) is 17.9 Å². The van der Waals surface area contributed by atoms with Gasteiger partial charge in [-0.25, -0.2) is 0 Å². The summed E-state index contributed by atoms with van der Waals surface area (Å²) in [4.78, 5) is 0. The minimum Gasteiger partial charge on any atom is -0.329 e. The molecule has 4 rings (SSSR count). The first-order chi connectivity index (χ1) is 15.3. The van der Waals surface area contributed by atoms with Crippen LogP contribution in [0.3, 0.4) is 0 Å². The molecule has 0 bridgehead atoms. The van der Waals surface area contributed by atoms with E-state index in [1.165, 1.54) is 27.8 Å². The van der Waals surface area contributed by atoms with Crippen LogP contribution in [-0.2, 0) is 6.42 Å². The van der Waals surface area contributed by atoms with E-state index in [9.17, 15) is 0 Å². The summed E-state index contributed by atoms with van der Waals surface area (Å²) in [6, 6.07) is 41.4. The van der Waals surface area contributed by atoms with Crippen molar-refractivity contribution in [2.24, 2.45) is 11.5 Å². The molecule has 31 heavy (non-hydrogen) atoms. The van der Waals surface area contributed by atoms with E-state index in [1.807, 2.05) is 0 Å². The fourth-order valence-electron chi connectivity index (χ4n) is 4.38. The summed E-state index contributed by atoms with van der Waals surface area (Å²) in [6.07, 6.45) is 0.799. The smallest absolute Gasteiger partial charge is 0.0203 e. The fourth-order valence-corrected chi connectivity index (χ4v) is 4.38. The van der Waals surface area contributed by atoms with Crippen LogP contribution in [0.1, 0.15) is 39.7 Å². The lowest BCUT2D eigenvalue weighted by molar-refractivity contribution is 0.675. The Morgan fingerprint density at radius 2 is 0.839 bits per heavy atom. The highest BCUT2D eigenvalue weighted by Crippen LogP contribution is 2.42. The summed E-state index contributed by atoms with van der Waals surface area (Å²) >= 11 is 0. The molecule has 2 nitrogen and oxygen atoms in total. The molecule has 0 fully saturated rings. The maximum atomic E-state index is 6.07. The SMILES string of the molecule is NCC(N)Cc1ccc(C(c2ccccc2)C(c2ccccc2)c2ccccc2)cc1. The van der Waals surface area contributed by atoms with Gasteiger partial charge in [-0.05, 0) is 34.2 Å². The Kier molecular flexibility index (Phi) is 6.93. The number of nitrogens with two attached hydrogens (primary N) is 2.